The first kappa shape index (κ1) is 12.4. The molecule has 0 bridgehead atoms. The Morgan fingerprint density at radius 3 is 1.92 bits per heavy atom. The minimum Gasteiger partial charge on any atom is -0.418 e. The van der Waals surface area contributed by atoms with Crippen molar-refractivity contribution in [1.82, 2.24) is 0 Å². The van der Waals surface area contributed by atoms with E-state index in [1.165, 1.54) is 6.04 Å². The van der Waals surface area contributed by atoms with Crippen LogP contribution in [0.2, 0.25) is 38.8 Å². The van der Waals surface area contributed by atoms with E-state index < -0.39 is 16.4 Å². The fourth-order valence-corrected chi connectivity index (χ4v) is 2.52. The first-order chi connectivity index (χ1) is 5.27. The van der Waals surface area contributed by atoms with Gasteiger partial charge in [-0.1, -0.05) is 20.0 Å². The van der Waals surface area contributed by atoms with Crippen molar-refractivity contribution in [3.63, 3.8) is 0 Å². The van der Waals surface area contributed by atoms with Crippen LogP contribution in [0.5, 0.6) is 0 Å². The summed E-state index contributed by atoms with van der Waals surface area (Å²) in [5, 5.41) is 0. The van der Waals surface area contributed by atoms with Gasteiger partial charge >= 0.3 is 0 Å². The van der Waals surface area contributed by atoms with Crippen LogP contribution in [0.1, 0.15) is 6.92 Å². The van der Waals surface area contributed by atoms with E-state index in [2.05, 4.69) is 45.7 Å². The van der Waals surface area contributed by atoms with Gasteiger partial charge in [0.2, 0.25) is 0 Å². The summed E-state index contributed by atoms with van der Waals surface area (Å²) in [7, 11) is -2.41. The van der Waals surface area contributed by atoms with Gasteiger partial charge in [0, 0.05) is 6.61 Å². The van der Waals surface area contributed by atoms with Crippen LogP contribution in [0.25, 0.3) is 0 Å². The molecule has 0 aliphatic rings. The van der Waals surface area contributed by atoms with Crippen molar-refractivity contribution < 1.29 is 4.43 Å². The molecule has 0 saturated heterocycles. The minimum absolute atomic E-state index is 0.940. The van der Waals surface area contributed by atoms with Crippen LogP contribution in [0.4, 0.5) is 0 Å². The highest BCUT2D eigenvalue weighted by molar-refractivity contribution is 6.80. The highest BCUT2D eigenvalue weighted by Gasteiger charge is 2.20. The Morgan fingerprint density at radius 2 is 1.58 bits per heavy atom. The van der Waals surface area contributed by atoms with Crippen LogP contribution in [0, 0.1) is 6.04 Å². The molecule has 0 aliphatic heterocycles. The van der Waals surface area contributed by atoms with E-state index in [0.29, 0.717) is 0 Å². The Balaban J connectivity index is 3.57. The van der Waals surface area contributed by atoms with Crippen molar-refractivity contribution in [2.24, 2.45) is 0 Å². The Bertz CT molecular complexity index is 127. The van der Waals surface area contributed by atoms with E-state index in [0.717, 1.165) is 6.61 Å². The molecule has 0 aliphatic carbocycles. The third-order valence-corrected chi connectivity index (χ3v) is 5.82. The molecule has 0 spiro atoms. The summed E-state index contributed by atoms with van der Waals surface area (Å²) < 4.78 is 5.80. The van der Waals surface area contributed by atoms with Crippen molar-refractivity contribution in [3.8, 4) is 0 Å². The molecular formula is C9H22OSi2. The van der Waals surface area contributed by atoms with Crippen molar-refractivity contribution >= 4 is 16.4 Å². The second kappa shape index (κ2) is 4.58. The van der Waals surface area contributed by atoms with Gasteiger partial charge in [0.25, 0.3) is 0 Å². The molecule has 12 heavy (non-hydrogen) atoms. The van der Waals surface area contributed by atoms with E-state index in [4.69, 9.17) is 4.43 Å². The van der Waals surface area contributed by atoms with Gasteiger partial charge in [-0.3, -0.25) is 0 Å². The molecule has 0 rings (SSSR count). The van der Waals surface area contributed by atoms with Gasteiger partial charge in [-0.05, 0) is 31.7 Å². The first-order valence-corrected chi connectivity index (χ1v) is 11.2. The van der Waals surface area contributed by atoms with Gasteiger partial charge in [0.15, 0.2) is 8.32 Å². The van der Waals surface area contributed by atoms with Crippen LogP contribution in [-0.2, 0) is 4.43 Å². The van der Waals surface area contributed by atoms with Crippen LogP contribution in [-0.4, -0.2) is 23.0 Å². The average Bonchev–Trinajstić information content (AvgIpc) is 1.84. The number of rotatable bonds is 5. The van der Waals surface area contributed by atoms with Crippen LogP contribution in [0.3, 0.4) is 0 Å². The maximum absolute atomic E-state index is 5.80. The molecule has 0 aromatic rings. The third kappa shape index (κ3) is 7.07. The predicted molar refractivity (Wildman–Crippen MR) is 60.5 cm³/mol. The van der Waals surface area contributed by atoms with Crippen molar-refractivity contribution in [1.29, 1.82) is 0 Å². The van der Waals surface area contributed by atoms with E-state index >= 15 is 0 Å². The molecule has 0 aromatic carbocycles. The lowest BCUT2D eigenvalue weighted by atomic mass is 10.9. The zero-order valence-electron chi connectivity index (χ0n) is 9.32. The molecule has 0 amide bonds. The zero-order chi connectivity index (χ0) is 9.83. The Hall–Kier alpha value is 0.394. The first-order valence-electron chi connectivity index (χ1n) is 4.60. The summed E-state index contributed by atoms with van der Waals surface area (Å²) in [6, 6.07) is 4.62. The lowest BCUT2D eigenvalue weighted by Gasteiger charge is -2.23. The van der Waals surface area contributed by atoms with Gasteiger partial charge < -0.3 is 4.43 Å². The molecule has 0 saturated carbocycles. The average molecular weight is 202 g/mol. The van der Waals surface area contributed by atoms with Crippen molar-refractivity contribution in [2.75, 3.05) is 6.61 Å². The van der Waals surface area contributed by atoms with Gasteiger partial charge in [0.05, 0.1) is 8.07 Å². The normalized spacial score (nSPS) is 13.5. The molecule has 0 fully saturated rings. The minimum atomic E-state index is -1.28. The fourth-order valence-electron chi connectivity index (χ4n) is 0.737. The van der Waals surface area contributed by atoms with E-state index in [1.54, 1.807) is 0 Å². The second-order valence-electron chi connectivity index (χ2n) is 4.84. The van der Waals surface area contributed by atoms with E-state index in [-0.39, 0.29) is 0 Å². The summed E-state index contributed by atoms with van der Waals surface area (Å²) in [5.41, 5.74) is 0. The SMILES string of the molecule is C[C][Si](C)(C)CCO[Si](C)(C)C. The molecule has 3 heteroatoms. The Kier molecular flexibility index (Phi) is 4.73. The summed E-state index contributed by atoms with van der Waals surface area (Å²) in [6.45, 7) is 14.4. The van der Waals surface area contributed by atoms with Crippen molar-refractivity contribution in [3.05, 3.63) is 6.04 Å². The van der Waals surface area contributed by atoms with Crippen LogP contribution in [0.15, 0.2) is 0 Å². The smallest absolute Gasteiger partial charge is 0.183 e. The summed E-state index contributed by atoms with van der Waals surface area (Å²) in [5.74, 6) is 0. The number of hydrogen-bond acceptors (Lipinski definition) is 1. The van der Waals surface area contributed by atoms with Gasteiger partial charge in [-0.25, -0.2) is 0 Å². The molecule has 1 nitrogen and oxygen atoms in total. The quantitative estimate of drug-likeness (QED) is 0.622. The molecule has 0 atom stereocenters. The van der Waals surface area contributed by atoms with Gasteiger partial charge in [0.1, 0.15) is 0 Å². The van der Waals surface area contributed by atoms with Crippen LogP contribution < -0.4 is 0 Å². The van der Waals surface area contributed by atoms with Gasteiger partial charge in [-0.2, -0.15) is 0 Å². The highest BCUT2D eigenvalue weighted by Crippen LogP contribution is 2.14. The maximum Gasteiger partial charge on any atom is 0.183 e. The molecular weight excluding hydrogens is 180 g/mol. The molecule has 72 valence electrons. The van der Waals surface area contributed by atoms with E-state index in [1.807, 2.05) is 0 Å². The van der Waals surface area contributed by atoms with E-state index in [9.17, 15) is 0 Å². The molecule has 0 unspecified atom stereocenters. The molecule has 0 heterocycles. The third-order valence-electron chi connectivity index (χ3n) is 1.94. The Morgan fingerprint density at radius 1 is 1.08 bits per heavy atom. The summed E-state index contributed by atoms with van der Waals surface area (Å²) in [4.78, 5) is 0. The van der Waals surface area contributed by atoms with Crippen molar-refractivity contribution in [2.45, 2.75) is 45.7 Å². The lowest BCUT2D eigenvalue weighted by Crippen LogP contribution is -2.32. The Labute approximate surface area is 79.7 Å². The number of hydrogen-bond donors (Lipinski definition) is 0. The summed E-state index contributed by atoms with van der Waals surface area (Å²) in [6.07, 6.45) is 0. The standard InChI is InChI=1S/C9H22OSi2/c1-7-12(5,6)9-8-10-11(2,3)4/h8-9H2,1-6H3. The predicted octanol–water partition coefficient (Wildman–Crippen LogP) is 3.19. The molecule has 2 radical (unpaired) electrons. The topological polar surface area (TPSA) is 9.23 Å². The zero-order valence-corrected chi connectivity index (χ0v) is 11.3. The lowest BCUT2D eigenvalue weighted by molar-refractivity contribution is 0.332. The molecule has 0 N–H and O–H groups in total. The largest absolute Gasteiger partial charge is 0.418 e. The highest BCUT2D eigenvalue weighted by atomic mass is 28.4. The summed E-state index contributed by atoms with van der Waals surface area (Å²) >= 11 is 0. The second-order valence-corrected chi connectivity index (χ2v) is 14.1. The van der Waals surface area contributed by atoms with Crippen LogP contribution >= 0.6 is 0 Å². The monoisotopic (exact) mass is 202 g/mol. The maximum atomic E-state index is 5.80. The molecule has 0 aromatic heterocycles. The van der Waals surface area contributed by atoms with Gasteiger partial charge in [-0.15, -0.1) is 0 Å². The fraction of sp³-hybridized carbons (Fsp3) is 0.889.